The zero-order valence-corrected chi connectivity index (χ0v) is 12.5. The molecule has 0 aliphatic heterocycles. The maximum atomic E-state index is 11.7. The Morgan fingerprint density at radius 2 is 1.90 bits per heavy atom. The van der Waals surface area contributed by atoms with E-state index < -0.39 is 5.97 Å². The van der Waals surface area contributed by atoms with Gasteiger partial charge >= 0.3 is 5.97 Å². The third-order valence-corrected chi connectivity index (χ3v) is 2.92. The molecule has 1 heterocycles. The number of carbonyl (C=O) groups excluding carboxylic acids is 1. The highest BCUT2D eigenvalue weighted by Crippen LogP contribution is 2.25. The van der Waals surface area contributed by atoms with Crippen LogP contribution in [-0.4, -0.2) is 23.5 Å². The van der Waals surface area contributed by atoms with Crippen molar-refractivity contribution in [3.63, 3.8) is 0 Å². The van der Waals surface area contributed by atoms with E-state index in [1.54, 1.807) is 0 Å². The molecule has 0 aliphatic carbocycles. The second kappa shape index (κ2) is 6.59. The van der Waals surface area contributed by atoms with E-state index in [1.807, 2.05) is 0 Å². The highest BCUT2D eigenvalue weighted by atomic mass is 16.4. The van der Waals surface area contributed by atoms with Crippen LogP contribution >= 0.6 is 0 Å². The fraction of sp³-hybridized carbons (Fsp3) is 0.600. The average Bonchev–Trinajstić information content (AvgIpc) is 2.75. The van der Waals surface area contributed by atoms with Crippen molar-refractivity contribution >= 4 is 11.9 Å². The molecule has 1 aromatic heterocycles. The van der Waals surface area contributed by atoms with Crippen LogP contribution < -0.4 is 5.32 Å². The number of carboxylic acid groups (broad SMARTS) is 1. The van der Waals surface area contributed by atoms with Gasteiger partial charge in [-0.15, -0.1) is 0 Å². The molecule has 0 aliphatic rings. The fourth-order valence-electron chi connectivity index (χ4n) is 2.24. The van der Waals surface area contributed by atoms with E-state index in [1.165, 1.54) is 12.1 Å². The molecule has 0 radical (unpaired) electrons. The third-order valence-electron chi connectivity index (χ3n) is 2.92. The molecule has 0 spiro atoms. The molecule has 0 saturated heterocycles. The first-order valence-corrected chi connectivity index (χ1v) is 6.80. The van der Waals surface area contributed by atoms with Gasteiger partial charge in [0.25, 0.3) is 5.91 Å². The van der Waals surface area contributed by atoms with Crippen LogP contribution in [0, 0.1) is 11.3 Å². The minimum absolute atomic E-state index is 0.0332. The lowest BCUT2D eigenvalue weighted by Gasteiger charge is -2.23. The van der Waals surface area contributed by atoms with Crippen LogP contribution in [0.4, 0.5) is 0 Å². The van der Waals surface area contributed by atoms with Crippen molar-refractivity contribution in [2.24, 2.45) is 11.3 Å². The van der Waals surface area contributed by atoms with Gasteiger partial charge in [0, 0.05) is 6.54 Å². The molecule has 1 atom stereocenters. The Bertz CT molecular complexity index is 470. The zero-order chi connectivity index (χ0) is 15.3. The predicted octanol–water partition coefficient (Wildman–Crippen LogP) is 3.17. The summed E-state index contributed by atoms with van der Waals surface area (Å²) < 4.78 is 4.93. The number of aromatic carboxylic acids is 1. The Hall–Kier alpha value is -1.78. The molecule has 5 heteroatoms. The van der Waals surface area contributed by atoms with Crippen LogP contribution in [-0.2, 0) is 0 Å². The van der Waals surface area contributed by atoms with Gasteiger partial charge in [0.1, 0.15) is 0 Å². The van der Waals surface area contributed by atoms with Gasteiger partial charge in [0.2, 0.25) is 5.76 Å². The summed E-state index contributed by atoms with van der Waals surface area (Å²) >= 11 is 0. The Morgan fingerprint density at radius 1 is 1.30 bits per heavy atom. The number of rotatable bonds is 6. The van der Waals surface area contributed by atoms with E-state index in [2.05, 4.69) is 33.0 Å². The minimum atomic E-state index is -1.18. The van der Waals surface area contributed by atoms with Gasteiger partial charge < -0.3 is 14.8 Å². The van der Waals surface area contributed by atoms with Crippen LogP contribution in [0.25, 0.3) is 0 Å². The van der Waals surface area contributed by atoms with Gasteiger partial charge in [-0.2, -0.15) is 0 Å². The fourth-order valence-corrected chi connectivity index (χ4v) is 2.24. The molecule has 1 aromatic rings. The largest absolute Gasteiger partial charge is 0.475 e. The lowest BCUT2D eigenvalue weighted by Crippen LogP contribution is -2.26. The Kier molecular flexibility index (Phi) is 5.36. The quantitative estimate of drug-likeness (QED) is 0.839. The monoisotopic (exact) mass is 281 g/mol. The third kappa shape index (κ3) is 5.47. The van der Waals surface area contributed by atoms with E-state index in [0.29, 0.717) is 12.5 Å². The highest BCUT2D eigenvalue weighted by Gasteiger charge is 2.17. The first kappa shape index (κ1) is 16.3. The Morgan fingerprint density at radius 3 is 2.40 bits per heavy atom. The van der Waals surface area contributed by atoms with Crippen molar-refractivity contribution in [2.45, 2.75) is 40.5 Å². The number of amides is 1. The summed E-state index contributed by atoms with van der Waals surface area (Å²) in [4.78, 5) is 22.4. The number of furan rings is 1. The molecule has 0 fully saturated rings. The van der Waals surface area contributed by atoms with Crippen molar-refractivity contribution in [2.75, 3.05) is 6.54 Å². The number of hydrogen-bond donors (Lipinski definition) is 2. The number of carbonyl (C=O) groups is 2. The van der Waals surface area contributed by atoms with Gasteiger partial charge in [0.05, 0.1) is 0 Å². The first-order valence-electron chi connectivity index (χ1n) is 6.80. The van der Waals surface area contributed by atoms with Crippen molar-refractivity contribution in [3.8, 4) is 0 Å². The normalized spacial score (nSPS) is 13.0. The molecule has 0 aromatic carbocycles. The average molecular weight is 281 g/mol. The maximum Gasteiger partial charge on any atom is 0.371 e. The summed E-state index contributed by atoms with van der Waals surface area (Å²) in [6, 6.07) is 2.65. The molecular formula is C15H23NO4. The Balaban J connectivity index is 2.38. The molecule has 1 amide bonds. The summed E-state index contributed by atoms with van der Waals surface area (Å²) in [5.41, 5.74) is 0.279. The summed E-state index contributed by atoms with van der Waals surface area (Å²) in [5.74, 6) is -1.23. The van der Waals surface area contributed by atoms with E-state index >= 15 is 0 Å². The van der Waals surface area contributed by atoms with Crippen molar-refractivity contribution in [1.82, 2.24) is 5.32 Å². The van der Waals surface area contributed by atoms with Crippen LogP contribution in [0.1, 0.15) is 61.6 Å². The Labute approximate surface area is 119 Å². The number of carboxylic acids is 1. The second-order valence-electron chi connectivity index (χ2n) is 6.38. The van der Waals surface area contributed by atoms with Crippen LogP contribution in [0.5, 0.6) is 0 Å². The summed E-state index contributed by atoms with van der Waals surface area (Å²) in [5, 5.41) is 11.5. The standard InChI is InChI=1S/C15H23NO4/c1-10(9-15(2,3)4)7-8-16-13(17)11-5-6-12(20-11)14(18)19/h5-6,10H,7-9H2,1-4H3,(H,16,17)(H,18,19). The lowest BCUT2D eigenvalue weighted by molar-refractivity contribution is 0.0659. The van der Waals surface area contributed by atoms with E-state index in [4.69, 9.17) is 9.52 Å². The highest BCUT2D eigenvalue weighted by molar-refractivity contribution is 5.93. The minimum Gasteiger partial charge on any atom is -0.475 e. The van der Waals surface area contributed by atoms with Gasteiger partial charge in [-0.1, -0.05) is 27.7 Å². The van der Waals surface area contributed by atoms with E-state index in [0.717, 1.165) is 12.8 Å². The SMILES string of the molecule is CC(CCNC(=O)c1ccc(C(=O)O)o1)CC(C)(C)C. The maximum absolute atomic E-state index is 11.7. The molecule has 20 heavy (non-hydrogen) atoms. The van der Waals surface area contributed by atoms with E-state index in [9.17, 15) is 9.59 Å². The van der Waals surface area contributed by atoms with Crippen molar-refractivity contribution in [1.29, 1.82) is 0 Å². The van der Waals surface area contributed by atoms with E-state index in [-0.39, 0.29) is 22.8 Å². The molecule has 112 valence electrons. The summed E-state index contributed by atoms with van der Waals surface area (Å²) in [6.45, 7) is 9.29. The second-order valence-corrected chi connectivity index (χ2v) is 6.38. The van der Waals surface area contributed by atoms with Crippen molar-refractivity contribution in [3.05, 3.63) is 23.7 Å². The molecule has 0 bridgehead atoms. The molecule has 1 rings (SSSR count). The smallest absolute Gasteiger partial charge is 0.371 e. The lowest BCUT2D eigenvalue weighted by atomic mass is 9.84. The van der Waals surface area contributed by atoms with Crippen LogP contribution in [0.2, 0.25) is 0 Å². The van der Waals surface area contributed by atoms with Crippen molar-refractivity contribution < 1.29 is 19.1 Å². The summed E-state index contributed by atoms with van der Waals surface area (Å²) in [7, 11) is 0. The summed E-state index contributed by atoms with van der Waals surface area (Å²) in [6.07, 6.45) is 1.97. The van der Waals surface area contributed by atoms with Gasteiger partial charge in [0.15, 0.2) is 5.76 Å². The van der Waals surface area contributed by atoms with Gasteiger partial charge in [-0.05, 0) is 36.3 Å². The number of nitrogens with one attached hydrogen (secondary N) is 1. The van der Waals surface area contributed by atoms with Gasteiger partial charge in [-0.25, -0.2) is 4.79 Å². The molecule has 5 nitrogen and oxygen atoms in total. The molecule has 0 saturated carbocycles. The zero-order valence-electron chi connectivity index (χ0n) is 12.5. The van der Waals surface area contributed by atoms with Gasteiger partial charge in [-0.3, -0.25) is 4.79 Å². The predicted molar refractivity (Wildman–Crippen MR) is 75.9 cm³/mol. The number of hydrogen-bond acceptors (Lipinski definition) is 3. The van der Waals surface area contributed by atoms with Crippen LogP contribution in [0.15, 0.2) is 16.5 Å². The molecular weight excluding hydrogens is 258 g/mol. The van der Waals surface area contributed by atoms with Crippen LogP contribution in [0.3, 0.4) is 0 Å². The molecule has 1 unspecified atom stereocenters. The first-order chi connectivity index (χ1) is 9.19. The topological polar surface area (TPSA) is 79.5 Å². The molecule has 2 N–H and O–H groups in total.